The number of imidazole rings is 1. The van der Waals surface area contributed by atoms with E-state index in [4.69, 9.17) is 4.74 Å². The lowest BCUT2D eigenvalue weighted by atomic mass is 10.2. The van der Waals surface area contributed by atoms with Crippen LogP contribution in [0.5, 0.6) is 0 Å². The standard InChI is InChI=1S/C18H30N4O3S/c1-20-6-8-21(9-7-20)12-16-11-19-18(26(23,24)14-15-4-5-15)22(16)13-17-3-2-10-25-17/h11,15,17H,2-10,12-14H2,1H3/t17-/m1/s1. The summed E-state index contributed by atoms with van der Waals surface area (Å²) in [5.74, 6) is 0.567. The molecule has 0 unspecified atom stereocenters. The van der Waals surface area contributed by atoms with Crippen molar-refractivity contribution in [3.63, 3.8) is 0 Å². The molecule has 1 aromatic rings. The van der Waals surface area contributed by atoms with Crippen LogP contribution in [0, 0.1) is 5.92 Å². The summed E-state index contributed by atoms with van der Waals surface area (Å²) in [7, 11) is -1.19. The van der Waals surface area contributed by atoms with Crippen molar-refractivity contribution in [2.75, 3.05) is 45.6 Å². The molecule has 0 N–H and O–H groups in total. The number of hydrogen-bond acceptors (Lipinski definition) is 6. The van der Waals surface area contributed by atoms with Gasteiger partial charge in [0.2, 0.25) is 15.0 Å². The smallest absolute Gasteiger partial charge is 0.227 e. The van der Waals surface area contributed by atoms with Gasteiger partial charge in [0.25, 0.3) is 0 Å². The molecule has 0 spiro atoms. The van der Waals surface area contributed by atoms with Gasteiger partial charge in [-0.05, 0) is 38.6 Å². The van der Waals surface area contributed by atoms with E-state index in [1.807, 2.05) is 4.57 Å². The van der Waals surface area contributed by atoms with Crippen LogP contribution in [0.2, 0.25) is 0 Å². The van der Waals surface area contributed by atoms with E-state index in [9.17, 15) is 8.42 Å². The SMILES string of the molecule is CN1CCN(Cc2cnc(S(=O)(=O)CC3CC3)n2C[C@H]2CCCO2)CC1. The minimum Gasteiger partial charge on any atom is -0.376 e. The Morgan fingerprint density at radius 1 is 1.19 bits per heavy atom. The van der Waals surface area contributed by atoms with E-state index in [0.29, 0.717) is 12.5 Å². The lowest BCUT2D eigenvalue weighted by Crippen LogP contribution is -2.44. The van der Waals surface area contributed by atoms with Crippen molar-refractivity contribution >= 4 is 9.84 Å². The molecule has 3 fully saturated rings. The molecule has 0 aromatic carbocycles. The van der Waals surface area contributed by atoms with Gasteiger partial charge in [-0.2, -0.15) is 0 Å². The summed E-state index contributed by atoms with van der Waals surface area (Å²) in [6.45, 7) is 6.24. The molecule has 1 atom stereocenters. The number of nitrogens with zero attached hydrogens (tertiary/aromatic N) is 4. The zero-order chi connectivity index (χ0) is 18.1. The van der Waals surface area contributed by atoms with E-state index >= 15 is 0 Å². The molecule has 0 radical (unpaired) electrons. The van der Waals surface area contributed by atoms with Crippen LogP contribution in [0.4, 0.5) is 0 Å². The zero-order valence-corrected chi connectivity index (χ0v) is 16.5. The van der Waals surface area contributed by atoms with E-state index < -0.39 is 9.84 Å². The maximum absolute atomic E-state index is 12.9. The Kier molecular flexibility index (Phi) is 5.36. The van der Waals surface area contributed by atoms with E-state index in [0.717, 1.165) is 70.7 Å². The topological polar surface area (TPSA) is 67.7 Å². The molecule has 4 rings (SSSR count). The van der Waals surface area contributed by atoms with Crippen LogP contribution in [0.1, 0.15) is 31.4 Å². The molecule has 3 aliphatic rings. The lowest BCUT2D eigenvalue weighted by Gasteiger charge is -2.32. The minimum atomic E-state index is -3.33. The van der Waals surface area contributed by atoms with Gasteiger partial charge in [-0.1, -0.05) is 0 Å². The highest BCUT2D eigenvalue weighted by atomic mass is 32.2. The second-order valence-electron chi connectivity index (χ2n) is 8.08. The minimum absolute atomic E-state index is 0.102. The Labute approximate surface area is 156 Å². The summed E-state index contributed by atoms with van der Waals surface area (Å²) < 4.78 is 33.5. The summed E-state index contributed by atoms with van der Waals surface area (Å²) in [6.07, 6.45) is 5.98. The normalized spacial score (nSPS) is 25.8. The summed E-state index contributed by atoms with van der Waals surface area (Å²) >= 11 is 0. The quantitative estimate of drug-likeness (QED) is 0.701. The number of likely N-dealkylation sites (N-methyl/N-ethyl adjacent to an activating group) is 1. The molecular formula is C18H30N4O3S. The molecule has 146 valence electrons. The molecular weight excluding hydrogens is 352 g/mol. The fourth-order valence-electron chi connectivity index (χ4n) is 3.86. The average Bonchev–Trinajstić information content (AvgIpc) is 3.08. The van der Waals surface area contributed by atoms with E-state index in [1.165, 1.54) is 0 Å². The van der Waals surface area contributed by atoms with E-state index in [2.05, 4.69) is 21.8 Å². The molecule has 2 saturated heterocycles. The van der Waals surface area contributed by atoms with Crippen LogP contribution in [-0.4, -0.2) is 79.5 Å². The third-order valence-corrected chi connectivity index (χ3v) is 7.52. The largest absolute Gasteiger partial charge is 0.376 e. The first kappa shape index (κ1) is 18.4. The van der Waals surface area contributed by atoms with Crippen molar-refractivity contribution in [2.24, 2.45) is 5.92 Å². The number of sulfone groups is 1. The van der Waals surface area contributed by atoms with Crippen LogP contribution in [0.25, 0.3) is 0 Å². The molecule has 8 heteroatoms. The fraction of sp³-hybridized carbons (Fsp3) is 0.833. The Hall–Kier alpha value is -0.960. The number of hydrogen-bond donors (Lipinski definition) is 0. The van der Waals surface area contributed by atoms with Gasteiger partial charge in [-0.15, -0.1) is 0 Å². The predicted octanol–water partition coefficient (Wildman–Crippen LogP) is 0.993. The van der Waals surface area contributed by atoms with Crippen LogP contribution in [0.3, 0.4) is 0 Å². The van der Waals surface area contributed by atoms with Crippen molar-refractivity contribution in [1.82, 2.24) is 19.4 Å². The van der Waals surface area contributed by atoms with Crippen molar-refractivity contribution < 1.29 is 13.2 Å². The molecule has 0 bridgehead atoms. The van der Waals surface area contributed by atoms with Crippen LogP contribution >= 0.6 is 0 Å². The average molecular weight is 383 g/mol. The monoisotopic (exact) mass is 382 g/mol. The Balaban J connectivity index is 1.55. The van der Waals surface area contributed by atoms with Gasteiger partial charge < -0.3 is 14.2 Å². The van der Waals surface area contributed by atoms with Gasteiger partial charge in [0.15, 0.2) is 0 Å². The number of ether oxygens (including phenoxy) is 1. The van der Waals surface area contributed by atoms with Gasteiger partial charge in [0, 0.05) is 39.3 Å². The maximum atomic E-state index is 12.9. The second-order valence-corrected chi connectivity index (χ2v) is 10.0. The Morgan fingerprint density at radius 2 is 1.96 bits per heavy atom. The number of rotatable bonds is 7. The predicted molar refractivity (Wildman–Crippen MR) is 98.8 cm³/mol. The van der Waals surface area contributed by atoms with Gasteiger partial charge >= 0.3 is 0 Å². The van der Waals surface area contributed by atoms with E-state index in [1.54, 1.807) is 6.20 Å². The summed E-state index contributed by atoms with van der Waals surface area (Å²) in [5.41, 5.74) is 0.999. The fourth-order valence-corrected chi connectivity index (χ4v) is 5.70. The van der Waals surface area contributed by atoms with Gasteiger partial charge in [0.1, 0.15) is 0 Å². The van der Waals surface area contributed by atoms with Crippen LogP contribution in [0.15, 0.2) is 11.4 Å². The Bertz CT molecular complexity index is 715. The van der Waals surface area contributed by atoms with Crippen molar-refractivity contribution in [3.05, 3.63) is 11.9 Å². The summed E-state index contributed by atoms with van der Waals surface area (Å²) in [5, 5.41) is 0.254. The van der Waals surface area contributed by atoms with Gasteiger partial charge in [0.05, 0.1) is 30.3 Å². The van der Waals surface area contributed by atoms with Gasteiger partial charge in [-0.3, -0.25) is 4.90 Å². The molecule has 1 aromatic heterocycles. The first-order valence-corrected chi connectivity index (χ1v) is 11.5. The molecule has 1 aliphatic carbocycles. The number of aromatic nitrogens is 2. The third-order valence-electron chi connectivity index (χ3n) is 5.72. The highest BCUT2D eigenvalue weighted by Gasteiger charge is 2.33. The van der Waals surface area contributed by atoms with Crippen LogP contribution in [-0.2, 0) is 27.7 Å². The van der Waals surface area contributed by atoms with Crippen molar-refractivity contribution in [1.29, 1.82) is 0 Å². The number of piperazine rings is 1. The van der Waals surface area contributed by atoms with Gasteiger partial charge in [-0.25, -0.2) is 13.4 Å². The molecule has 26 heavy (non-hydrogen) atoms. The zero-order valence-electron chi connectivity index (χ0n) is 15.6. The van der Waals surface area contributed by atoms with Crippen molar-refractivity contribution in [3.8, 4) is 0 Å². The van der Waals surface area contributed by atoms with Crippen LogP contribution < -0.4 is 0 Å². The maximum Gasteiger partial charge on any atom is 0.227 e. The highest BCUT2D eigenvalue weighted by Crippen LogP contribution is 2.32. The molecule has 2 aliphatic heterocycles. The first-order valence-electron chi connectivity index (χ1n) is 9.81. The van der Waals surface area contributed by atoms with E-state index in [-0.39, 0.29) is 17.0 Å². The molecule has 7 nitrogen and oxygen atoms in total. The second kappa shape index (κ2) is 7.58. The molecule has 0 amide bonds. The molecule has 1 saturated carbocycles. The lowest BCUT2D eigenvalue weighted by molar-refractivity contribution is 0.0921. The third kappa shape index (κ3) is 4.30. The first-order chi connectivity index (χ1) is 12.5. The molecule has 3 heterocycles. The highest BCUT2D eigenvalue weighted by molar-refractivity contribution is 7.91. The summed E-state index contributed by atoms with van der Waals surface area (Å²) in [6, 6.07) is 0. The van der Waals surface area contributed by atoms with Crippen molar-refractivity contribution in [2.45, 2.75) is 50.0 Å². The Morgan fingerprint density at radius 3 is 2.62 bits per heavy atom. The summed E-state index contributed by atoms with van der Waals surface area (Å²) in [4.78, 5) is 9.09.